The van der Waals surface area contributed by atoms with Gasteiger partial charge in [0.25, 0.3) is 0 Å². The van der Waals surface area contributed by atoms with E-state index in [1.165, 1.54) is 18.2 Å². The average Bonchev–Trinajstić information content (AvgIpc) is 2.41. The van der Waals surface area contributed by atoms with E-state index in [2.05, 4.69) is 5.32 Å². The molecule has 0 aliphatic carbocycles. The summed E-state index contributed by atoms with van der Waals surface area (Å²) in [5.41, 5.74) is 0.810. The maximum atomic E-state index is 13.4. The molecule has 0 saturated heterocycles. The van der Waals surface area contributed by atoms with Crippen LogP contribution >= 0.6 is 11.6 Å². The molecule has 0 saturated carbocycles. The molecule has 0 atom stereocenters. The normalized spacial score (nSPS) is 10.7. The van der Waals surface area contributed by atoms with Gasteiger partial charge in [-0.05, 0) is 35.9 Å². The Balaban J connectivity index is 2.03. The monoisotopic (exact) mass is 291 g/mol. The number of anilines is 1. The van der Waals surface area contributed by atoms with E-state index in [0.717, 1.165) is 11.6 Å². The second-order valence-corrected chi connectivity index (χ2v) is 4.47. The Morgan fingerprint density at radius 3 is 2.55 bits per heavy atom. The Hall–Kier alpha value is -2.33. The summed E-state index contributed by atoms with van der Waals surface area (Å²) in [7, 11) is 0. The highest BCUT2D eigenvalue weighted by atomic mass is 35.5. The lowest BCUT2D eigenvalue weighted by molar-refractivity contribution is -0.111. The molecular formula is C15H11ClFNO2. The third-order valence-electron chi connectivity index (χ3n) is 2.51. The molecule has 20 heavy (non-hydrogen) atoms. The van der Waals surface area contributed by atoms with Crippen molar-refractivity contribution in [2.75, 3.05) is 5.32 Å². The van der Waals surface area contributed by atoms with Crippen molar-refractivity contribution in [3.8, 4) is 5.75 Å². The first-order valence-corrected chi connectivity index (χ1v) is 6.15. The summed E-state index contributed by atoms with van der Waals surface area (Å²) in [5, 5.41) is 12.1. The zero-order valence-corrected chi connectivity index (χ0v) is 11.1. The molecule has 2 aromatic rings. The van der Waals surface area contributed by atoms with E-state index in [9.17, 15) is 9.18 Å². The second-order valence-electron chi connectivity index (χ2n) is 4.04. The van der Waals surface area contributed by atoms with Crippen molar-refractivity contribution < 1.29 is 14.3 Å². The Morgan fingerprint density at radius 1 is 1.20 bits per heavy atom. The van der Waals surface area contributed by atoms with Gasteiger partial charge < -0.3 is 10.4 Å². The van der Waals surface area contributed by atoms with Crippen LogP contribution in [0.25, 0.3) is 6.08 Å². The van der Waals surface area contributed by atoms with Crippen LogP contribution in [-0.2, 0) is 4.79 Å². The highest BCUT2D eigenvalue weighted by Crippen LogP contribution is 2.19. The average molecular weight is 292 g/mol. The third kappa shape index (κ3) is 3.83. The molecule has 5 heteroatoms. The van der Waals surface area contributed by atoms with Crippen LogP contribution < -0.4 is 5.32 Å². The number of benzene rings is 2. The van der Waals surface area contributed by atoms with Gasteiger partial charge in [-0.1, -0.05) is 23.7 Å². The standard InChI is InChI=1S/C15H11ClFNO2/c16-11-4-1-10(2-5-11)3-8-15(20)18-14-7-6-12(19)9-13(14)17/h1-9,19H,(H,18,20). The number of amides is 1. The van der Waals surface area contributed by atoms with Crippen molar-refractivity contribution in [3.05, 3.63) is 64.9 Å². The van der Waals surface area contributed by atoms with E-state index < -0.39 is 11.7 Å². The fourth-order valence-corrected chi connectivity index (χ4v) is 1.65. The lowest BCUT2D eigenvalue weighted by Crippen LogP contribution is -2.09. The largest absolute Gasteiger partial charge is 0.508 e. The van der Waals surface area contributed by atoms with Gasteiger partial charge in [-0.15, -0.1) is 0 Å². The zero-order valence-electron chi connectivity index (χ0n) is 10.3. The Bertz CT molecular complexity index is 653. The maximum Gasteiger partial charge on any atom is 0.248 e. The summed E-state index contributed by atoms with van der Waals surface area (Å²) < 4.78 is 13.4. The molecule has 2 N–H and O–H groups in total. The van der Waals surface area contributed by atoms with Crippen LogP contribution in [0.5, 0.6) is 5.75 Å². The van der Waals surface area contributed by atoms with Crippen LogP contribution in [0.1, 0.15) is 5.56 Å². The predicted molar refractivity (Wildman–Crippen MR) is 77.2 cm³/mol. The topological polar surface area (TPSA) is 49.3 Å². The molecule has 2 rings (SSSR count). The van der Waals surface area contributed by atoms with Crippen molar-refractivity contribution in [1.29, 1.82) is 0 Å². The Morgan fingerprint density at radius 2 is 1.90 bits per heavy atom. The first kappa shape index (κ1) is 14.1. The van der Waals surface area contributed by atoms with Crippen LogP contribution in [0.15, 0.2) is 48.5 Å². The summed E-state index contributed by atoms with van der Waals surface area (Å²) in [4.78, 5) is 11.6. The van der Waals surface area contributed by atoms with E-state index in [4.69, 9.17) is 16.7 Å². The van der Waals surface area contributed by atoms with Crippen LogP contribution in [0.3, 0.4) is 0 Å². The van der Waals surface area contributed by atoms with Crippen LogP contribution in [0, 0.1) is 5.82 Å². The number of phenols is 1. The Kier molecular flexibility index (Phi) is 4.38. The molecule has 0 bridgehead atoms. The maximum absolute atomic E-state index is 13.4. The molecule has 0 aliphatic heterocycles. The van der Waals surface area contributed by atoms with Gasteiger partial charge in [0, 0.05) is 17.2 Å². The van der Waals surface area contributed by atoms with Gasteiger partial charge in [0.05, 0.1) is 5.69 Å². The molecular weight excluding hydrogens is 281 g/mol. The number of hydrogen-bond donors (Lipinski definition) is 2. The fraction of sp³-hybridized carbons (Fsp3) is 0. The molecule has 0 aromatic heterocycles. The minimum absolute atomic E-state index is 0.00792. The smallest absolute Gasteiger partial charge is 0.248 e. The number of rotatable bonds is 3. The van der Waals surface area contributed by atoms with E-state index in [-0.39, 0.29) is 11.4 Å². The van der Waals surface area contributed by atoms with E-state index in [1.807, 2.05) is 0 Å². The number of phenolic OH excluding ortho intramolecular Hbond substituents is 1. The third-order valence-corrected chi connectivity index (χ3v) is 2.76. The minimum atomic E-state index is -0.696. The first-order valence-electron chi connectivity index (χ1n) is 5.78. The number of carbonyl (C=O) groups is 1. The van der Waals surface area contributed by atoms with Crippen molar-refractivity contribution in [2.45, 2.75) is 0 Å². The van der Waals surface area contributed by atoms with E-state index >= 15 is 0 Å². The van der Waals surface area contributed by atoms with Gasteiger partial charge in [-0.3, -0.25) is 4.79 Å². The number of hydrogen-bond acceptors (Lipinski definition) is 2. The quantitative estimate of drug-likeness (QED) is 0.667. The molecule has 0 radical (unpaired) electrons. The van der Waals surface area contributed by atoms with Crippen molar-refractivity contribution in [2.24, 2.45) is 0 Å². The summed E-state index contributed by atoms with van der Waals surface area (Å²) in [6.07, 6.45) is 2.87. The molecule has 0 aliphatic rings. The lowest BCUT2D eigenvalue weighted by Gasteiger charge is -2.03. The lowest BCUT2D eigenvalue weighted by atomic mass is 10.2. The molecule has 3 nitrogen and oxygen atoms in total. The van der Waals surface area contributed by atoms with Crippen molar-refractivity contribution in [3.63, 3.8) is 0 Å². The number of halogens is 2. The van der Waals surface area contributed by atoms with Gasteiger partial charge in [-0.25, -0.2) is 4.39 Å². The van der Waals surface area contributed by atoms with Gasteiger partial charge in [0.15, 0.2) is 0 Å². The number of aromatic hydroxyl groups is 1. The van der Waals surface area contributed by atoms with E-state index in [0.29, 0.717) is 5.02 Å². The van der Waals surface area contributed by atoms with Gasteiger partial charge >= 0.3 is 0 Å². The van der Waals surface area contributed by atoms with Gasteiger partial charge in [0.1, 0.15) is 11.6 Å². The predicted octanol–water partition coefficient (Wildman–Crippen LogP) is 3.84. The number of carbonyl (C=O) groups excluding carboxylic acids is 1. The molecule has 0 fully saturated rings. The van der Waals surface area contributed by atoms with Crippen molar-refractivity contribution >= 4 is 29.3 Å². The molecule has 102 valence electrons. The second kappa shape index (κ2) is 6.21. The molecule has 1 amide bonds. The first-order chi connectivity index (χ1) is 9.54. The number of nitrogens with one attached hydrogen (secondary N) is 1. The summed E-state index contributed by atoms with van der Waals surface area (Å²) >= 11 is 5.75. The van der Waals surface area contributed by atoms with Crippen LogP contribution in [-0.4, -0.2) is 11.0 Å². The summed E-state index contributed by atoms with van der Waals surface area (Å²) in [6, 6.07) is 10.4. The van der Waals surface area contributed by atoms with Gasteiger partial charge in [0.2, 0.25) is 5.91 Å². The summed E-state index contributed by atoms with van der Waals surface area (Å²) in [6.45, 7) is 0. The minimum Gasteiger partial charge on any atom is -0.508 e. The van der Waals surface area contributed by atoms with Crippen molar-refractivity contribution in [1.82, 2.24) is 0 Å². The van der Waals surface area contributed by atoms with Crippen LogP contribution in [0.4, 0.5) is 10.1 Å². The molecule has 2 aromatic carbocycles. The van der Waals surface area contributed by atoms with Crippen LogP contribution in [0.2, 0.25) is 5.02 Å². The Labute approximate surface area is 120 Å². The fourth-order valence-electron chi connectivity index (χ4n) is 1.53. The molecule has 0 heterocycles. The highest BCUT2D eigenvalue weighted by Gasteiger charge is 2.05. The zero-order chi connectivity index (χ0) is 14.5. The highest BCUT2D eigenvalue weighted by molar-refractivity contribution is 6.30. The van der Waals surface area contributed by atoms with E-state index in [1.54, 1.807) is 30.3 Å². The molecule has 0 spiro atoms. The summed E-state index contributed by atoms with van der Waals surface area (Å²) in [5.74, 6) is -1.36. The van der Waals surface area contributed by atoms with Gasteiger partial charge in [-0.2, -0.15) is 0 Å². The molecule has 0 unspecified atom stereocenters. The SMILES string of the molecule is O=C(C=Cc1ccc(Cl)cc1)Nc1ccc(O)cc1F.